The second-order valence-electron chi connectivity index (χ2n) is 7.33. The molecule has 1 amide bonds. The lowest BCUT2D eigenvalue weighted by Gasteiger charge is -2.22. The quantitative estimate of drug-likeness (QED) is 0.569. The fraction of sp³-hybridized carbons (Fsp3) is 0.292. The Morgan fingerprint density at radius 2 is 1.60 bits per heavy atom. The van der Waals surface area contributed by atoms with Gasteiger partial charge >= 0.3 is 0 Å². The first-order valence-corrected chi connectivity index (χ1v) is 12.0. The van der Waals surface area contributed by atoms with E-state index in [-0.39, 0.29) is 16.8 Å². The van der Waals surface area contributed by atoms with Gasteiger partial charge in [-0.25, -0.2) is 8.42 Å². The Kier molecular flexibility index (Phi) is 6.77. The molecule has 158 valence electrons. The van der Waals surface area contributed by atoms with Crippen molar-refractivity contribution >= 4 is 26.5 Å². The van der Waals surface area contributed by atoms with Crippen LogP contribution in [-0.4, -0.2) is 26.7 Å². The molecule has 1 N–H and O–H groups in total. The lowest BCUT2D eigenvalue weighted by Crippen LogP contribution is -2.39. The van der Waals surface area contributed by atoms with Crippen molar-refractivity contribution in [2.75, 3.05) is 6.26 Å². The Morgan fingerprint density at radius 1 is 0.933 bits per heavy atom. The third-order valence-electron chi connectivity index (χ3n) is 5.10. The number of amides is 1. The highest BCUT2D eigenvalue weighted by molar-refractivity contribution is 7.90. The van der Waals surface area contributed by atoms with Crippen molar-refractivity contribution in [3.8, 4) is 5.75 Å². The molecule has 0 fully saturated rings. The van der Waals surface area contributed by atoms with Crippen molar-refractivity contribution in [1.82, 2.24) is 5.32 Å². The second kappa shape index (κ2) is 9.30. The zero-order valence-electron chi connectivity index (χ0n) is 17.5. The molecule has 30 heavy (non-hydrogen) atoms. The summed E-state index contributed by atoms with van der Waals surface area (Å²) in [6.45, 7) is 3.88. The van der Waals surface area contributed by atoms with Gasteiger partial charge in [-0.2, -0.15) is 0 Å². The van der Waals surface area contributed by atoms with Gasteiger partial charge in [-0.15, -0.1) is 0 Å². The molecular weight excluding hydrogens is 398 g/mol. The van der Waals surface area contributed by atoms with Gasteiger partial charge in [0.05, 0.1) is 10.9 Å². The molecule has 0 heterocycles. The average Bonchev–Trinajstić information content (AvgIpc) is 2.75. The van der Waals surface area contributed by atoms with E-state index in [9.17, 15) is 13.2 Å². The number of benzene rings is 3. The van der Waals surface area contributed by atoms with E-state index in [4.69, 9.17) is 4.74 Å². The molecule has 2 atom stereocenters. The van der Waals surface area contributed by atoms with E-state index in [1.54, 1.807) is 24.3 Å². The summed E-state index contributed by atoms with van der Waals surface area (Å²) >= 11 is 0. The van der Waals surface area contributed by atoms with Gasteiger partial charge < -0.3 is 10.1 Å². The van der Waals surface area contributed by atoms with Crippen LogP contribution in [0.2, 0.25) is 0 Å². The predicted molar refractivity (Wildman–Crippen MR) is 119 cm³/mol. The molecular formula is C24H27NO4S. The van der Waals surface area contributed by atoms with Crippen LogP contribution < -0.4 is 10.1 Å². The third kappa shape index (κ3) is 5.19. The molecule has 0 aromatic heterocycles. The molecule has 3 aromatic carbocycles. The second-order valence-corrected chi connectivity index (χ2v) is 9.35. The maximum Gasteiger partial charge on any atom is 0.261 e. The van der Waals surface area contributed by atoms with Crippen LogP contribution in [0.5, 0.6) is 5.75 Å². The van der Waals surface area contributed by atoms with Crippen molar-refractivity contribution in [2.24, 2.45) is 0 Å². The first-order chi connectivity index (χ1) is 14.3. The summed E-state index contributed by atoms with van der Waals surface area (Å²) in [5.41, 5.74) is 0.860. The molecule has 0 saturated carbocycles. The summed E-state index contributed by atoms with van der Waals surface area (Å²) in [5.74, 6) is 0.464. The van der Waals surface area contributed by atoms with E-state index >= 15 is 0 Å². The average molecular weight is 426 g/mol. The zero-order chi connectivity index (χ0) is 21.7. The van der Waals surface area contributed by atoms with Gasteiger partial charge in [0, 0.05) is 6.26 Å². The molecule has 0 aliphatic rings. The highest BCUT2D eigenvalue weighted by Gasteiger charge is 2.22. The van der Waals surface area contributed by atoms with Gasteiger partial charge in [0.2, 0.25) is 0 Å². The number of hydrogen-bond acceptors (Lipinski definition) is 4. The maximum atomic E-state index is 12.9. The molecule has 0 radical (unpaired) electrons. The Morgan fingerprint density at radius 3 is 2.20 bits per heavy atom. The molecule has 0 aliphatic heterocycles. The molecule has 0 bridgehead atoms. The van der Waals surface area contributed by atoms with Crippen molar-refractivity contribution < 1.29 is 17.9 Å². The molecule has 2 unspecified atom stereocenters. The number of rotatable bonds is 8. The SMILES string of the molecule is CCC(Oc1ccc2ccccc2c1)C(=O)NC(CC)c1ccc(S(C)(=O)=O)cc1. The summed E-state index contributed by atoms with van der Waals surface area (Å²) in [4.78, 5) is 13.1. The number of carbonyl (C=O) groups excluding carboxylic acids is 1. The summed E-state index contributed by atoms with van der Waals surface area (Å²) in [6, 6.07) is 20.2. The van der Waals surface area contributed by atoms with E-state index in [0.717, 1.165) is 16.3 Å². The van der Waals surface area contributed by atoms with E-state index < -0.39 is 15.9 Å². The van der Waals surface area contributed by atoms with Crippen molar-refractivity contribution in [3.05, 3.63) is 72.3 Å². The van der Waals surface area contributed by atoms with Crippen LogP contribution in [0.1, 0.15) is 38.3 Å². The molecule has 0 saturated heterocycles. The number of hydrogen-bond donors (Lipinski definition) is 1. The molecule has 5 nitrogen and oxygen atoms in total. The first-order valence-electron chi connectivity index (χ1n) is 10.1. The number of nitrogens with one attached hydrogen (secondary N) is 1. The summed E-state index contributed by atoms with van der Waals surface area (Å²) in [6.07, 6.45) is 1.77. The first kappa shape index (κ1) is 21.8. The number of sulfone groups is 1. The minimum Gasteiger partial charge on any atom is -0.481 e. The van der Waals surface area contributed by atoms with E-state index in [2.05, 4.69) is 5.32 Å². The van der Waals surface area contributed by atoms with Crippen LogP contribution in [0.15, 0.2) is 71.6 Å². The van der Waals surface area contributed by atoms with E-state index in [0.29, 0.717) is 18.6 Å². The van der Waals surface area contributed by atoms with Crippen LogP contribution in [-0.2, 0) is 14.6 Å². The zero-order valence-corrected chi connectivity index (χ0v) is 18.3. The molecule has 3 rings (SSSR count). The van der Waals surface area contributed by atoms with Crippen LogP contribution in [0.25, 0.3) is 10.8 Å². The minimum absolute atomic E-state index is 0.190. The van der Waals surface area contributed by atoms with Gasteiger partial charge in [0.1, 0.15) is 5.75 Å². The highest BCUT2D eigenvalue weighted by Crippen LogP contribution is 2.23. The Labute approximate surface area is 178 Å². The van der Waals surface area contributed by atoms with Gasteiger partial charge in [-0.05, 0) is 53.4 Å². The van der Waals surface area contributed by atoms with Crippen LogP contribution in [0, 0.1) is 0 Å². The summed E-state index contributed by atoms with van der Waals surface area (Å²) < 4.78 is 29.3. The van der Waals surface area contributed by atoms with Crippen molar-refractivity contribution in [1.29, 1.82) is 0 Å². The lowest BCUT2D eigenvalue weighted by molar-refractivity contribution is -0.128. The molecule has 6 heteroatoms. The van der Waals surface area contributed by atoms with Gasteiger partial charge in [0.25, 0.3) is 5.91 Å². The van der Waals surface area contributed by atoms with Gasteiger partial charge in [-0.3, -0.25) is 4.79 Å². The normalized spacial score (nSPS) is 13.6. The van der Waals surface area contributed by atoms with Crippen LogP contribution in [0.3, 0.4) is 0 Å². The Bertz CT molecular complexity index is 1120. The minimum atomic E-state index is -3.25. The smallest absolute Gasteiger partial charge is 0.261 e. The standard InChI is InChI=1S/C24H27NO4S/c1-4-22(18-11-14-21(15-12-18)30(3,27)28)25-24(26)23(5-2)29-20-13-10-17-8-6-7-9-19(17)16-20/h6-16,22-23H,4-5H2,1-3H3,(H,25,26). The Hall–Kier alpha value is -2.86. The largest absolute Gasteiger partial charge is 0.481 e. The number of fused-ring (bicyclic) bond motifs is 1. The van der Waals surface area contributed by atoms with Gasteiger partial charge in [0.15, 0.2) is 15.9 Å². The maximum absolute atomic E-state index is 12.9. The fourth-order valence-corrected chi connectivity index (χ4v) is 3.99. The monoisotopic (exact) mass is 425 g/mol. The molecule has 0 aliphatic carbocycles. The van der Waals surface area contributed by atoms with Crippen LogP contribution >= 0.6 is 0 Å². The van der Waals surface area contributed by atoms with E-state index in [1.807, 2.05) is 56.3 Å². The summed E-state index contributed by atoms with van der Waals surface area (Å²) in [7, 11) is -3.25. The fourth-order valence-electron chi connectivity index (χ4n) is 3.36. The van der Waals surface area contributed by atoms with Crippen molar-refractivity contribution in [2.45, 2.75) is 43.7 Å². The van der Waals surface area contributed by atoms with Crippen molar-refractivity contribution in [3.63, 3.8) is 0 Å². The number of carbonyl (C=O) groups is 1. The van der Waals surface area contributed by atoms with Gasteiger partial charge in [-0.1, -0.05) is 56.3 Å². The predicted octanol–water partition coefficient (Wildman–Crippen LogP) is 4.67. The van der Waals surface area contributed by atoms with E-state index in [1.165, 1.54) is 6.26 Å². The molecule has 3 aromatic rings. The highest BCUT2D eigenvalue weighted by atomic mass is 32.2. The number of ether oxygens (including phenoxy) is 1. The Balaban J connectivity index is 1.72. The third-order valence-corrected chi connectivity index (χ3v) is 6.23. The van der Waals surface area contributed by atoms with Crippen LogP contribution in [0.4, 0.5) is 0 Å². The topological polar surface area (TPSA) is 72.5 Å². The summed E-state index contributed by atoms with van der Waals surface area (Å²) in [5, 5.41) is 5.21. The molecule has 0 spiro atoms. The lowest BCUT2D eigenvalue weighted by atomic mass is 10.0.